The summed E-state index contributed by atoms with van der Waals surface area (Å²) < 4.78 is 42.2. The standard InChI is InChI=1S/C21H20F3N7O/c22-21(23,24)16-11-31-17(2-1-3-18(31)28-16)26-14-4-6-15(7-5-14)27-20(32)13-8-9-30-12-25-29-19(30)10-13/h1-3,8-12,14-15,26H,4-7H2,(H,27,32)/t14-,15+. The van der Waals surface area contributed by atoms with Gasteiger partial charge < -0.3 is 10.6 Å². The number of amides is 1. The first-order valence-electron chi connectivity index (χ1n) is 10.3. The van der Waals surface area contributed by atoms with Gasteiger partial charge >= 0.3 is 6.18 Å². The Morgan fingerprint density at radius 1 is 1.06 bits per heavy atom. The van der Waals surface area contributed by atoms with Crippen LogP contribution in [-0.4, -0.2) is 42.0 Å². The second kappa shape index (κ2) is 7.81. The van der Waals surface area contributed by atoms with E-state index in [4.69, 9.17) is 0 Å². The third-order valence-electron chi connectivity index (χ3n) is 5.76. The van der Waals surface area contributed by atoms with Gasteiger partial charge in [0.15, 0.2) is 11.3 Å². The van der Waals surface area contributed by atoms with Gasteiger partial charge in [-0.2, -0.15) is 13.2 Å². The summed E-state index contributed by atoms with van der Waals surface area (Å²) >= 11 is 0. The van der Waals surface area contributed by atoms with Crippen LogP contribution in [0.3, 0.4) is 0 Å². The number of anilines is 1. The Morgan fingerprint density at radius 3 is 2.62 bits per heavy atom. The number of alkyl halides is 3. The number of carbonyl (C=O) groups is 1. The number of nitrogens with zero attached hydrogens (tertiary/aromatic N) is 5. The number of nitrogens with one attached hydrogen (secondary N) is 2. The van der Waals surface area contributed by atoms with Crippen molar-refractivity contribution in [3.63, 3.8) is 0 Å². The maximum absolute atomic E-state index is 13.0. The van der Waals surface area contributed by atoms with Crippen LogP contribution >= 0.6 is 0 Å². The van der Waals surface area contributed by atoms with E-state index >= 15 is 0 Å². The monoisotopic (exact) mass is 443 g/mol. The maximum Gasteiger partial charge on any atom is 0.434 e. The Labute approximate surface area is 180 Å². The normalized spacial score (nSPS) is 19.3. The van der Waals surface area contributed by atoms with Gasteiger partial charge in [-0.1, -0.05) is 6.07 Å². The molecule has 1 aliphatic carbocycles. The second-order valence-corrected chi connectivity index (χ2v) is 7.94. The first-order chi connectivity index (χ1) is 15.4. The molecule has 0 bridgehead atoms. The molecular formula is C21H20F3N7O. The summed E-state index contributed by atoms with van der Waals surface area (Å²) in [6.45, 7) is 0. The summed E-state index contributed by atoms with van der Waals surface area (Å²) in [4.78, 5) is 16.3. The van der Waals surface area contributed by atoms with Crippen LogP contribution in [-0.2, 0) is 6.18 Å². The smallest absolute Gasteiger partial charge is 0.368 e. The minimum atomic E-state index is -4.49. The van der Waals surface area contributed by atoms with Crippen molar-refractivity contribution in [2.24, 2.45) is 0 Å². The van der Waals surface area contributed by atoms with Crippen LogP contribution in [0.15, 0.2) is 49.1 Å². The number of rotatable bonds is 4. The average molecular weight is 443 g/mol. The molecule has 11 heteroatoms. The Hall–Kier alpha value is -3.63. The fourth-order valence-corrected chi connectivity index (χ4v) is 4.08. The third kappa shape index (κ3) is 3.97. The van der Waals surface area contributed by atoms with Crippen LogP contribution in [0.5, 0.6) is 0 Å². The minimum Gasteiger partial charge on any atom is -0.368 e. The lowest BCUT2D eigenvalue weighted by Crippen LogP contribution is -2.40. The molecular weight excluding hydrogens is 423 g/mol. The lowest BCUT2D eigenvalue weighted by Gasteiger charge is -2.30. The molecule has 0 unspecified atom stereocenters. The van der Waals surface area contributed by atoms with Crippen LogP contribution < -0.4 is 10.6 Å². The van der Waals surface area contributed by atoms with Crippen molar-refractivity contribution in [2.45, 2.75) is 43.9 Å². The van der Waals surface area contributed by atoms with Crippen LogP contribution in [0.2, 0.25) is 0 Å². The van der Waals surface area contributed by atoms with Crippen LogP contribution in [0.4, 0.5) is 19.0 Å². The number of halogens is 3. The fraction of sp³-hybridized carbons (Fsp3) is 0.333. The van der Waals surface area contributed by atoms with Gasteiger partial charge in [0.05, 0.1) is 0 Å². The SMILES string of the molecule is O=C(N[C@H]1CC[C@@H](Nc2cccc3nc(C(F)(F)F)cn23)CC1)c1ccn2cnnc2c1. The zero-order valence-electron chi connectivity index (χ0n) is 16.9. The molecule has 0 aliphatic heterocycles. The first-order valence-corrected chi connectivity index (χ1v) is 10.3. The van der Waals surface area contributed by atoms with Crippen molar-refractivity contribution < 1.29 is 18.0 Å². The van der Waals surface area contributed by atoms with Crippen molar-refractivity contribution >= 4 is 23.0 Å². The van der Waals surface area contributed by atoms with E-state index in [0.717, 1.165) is 31.9 Å². The van der Waals surface area contributed by atoms with E-state index in [1.54, 1.807) is 47.3 Å². The van der Waals surface area contributed by atoms with Gasteiger partial charge in [-0.15, -0.1) is 10.2 Å². The largest absolute Gasteiger partial charge is 0.434 e. The predicted octanol–water partition coefficient (Wildman–Crippen LogP) is 3.55. The second-order valence-electron chi connectivity index (χ2n) is 7.94. The van der Waals surface area contributed by atoms with E-state index in [2.05, 4.69) is 25.8 Å². The molecule has 4 aromatic heterocycles. The molecule has 0 atom stereocenters. The van der Waals surface area contributed by atoms with E-state index in [0.29, 0.717) is 17.0 Å². The molecule has 0 aromatic carbocycles. The van der Waals surface area contributed by atoms with E-state index in [1.165, 1.54) is 4.40 Å². The molecule has 1 saturated carbocycles. The van der Waals surface area contributed by atoms with Crippen LogP contribution in [0.25, 0.3) is 11.3 Å². The van der Waals surface area contributed by atoms with Crippen LogP contribution in [0.1, 0.15) is 41.7 Å². The summed E-state index contributed by atoms with van der Waals surface area (Å²) in [6.07, 6.45) is 2.94. The lowest BCUT2D eigenvalue weighted by atomic mass is 9.91. The molecule has 5 rings (SSSR count). The lowest BCUT2D eigenvalue weighted by molar-refractivity contribution is -0.140. The van der Waals surface area contributed by atoms with E-state index in [9.17, 15) is 18.0 Å². The highest BCUT2D eigenvalue weighted by atomic mass is 19.4. The molecule has 166 valence electrons. The summed E-state index contributed by atoms with van der Waals surface area (Å²) in [7, 11) is 0. The molecule has 8 nitrogen and oxygen atoms in total. The number of carbonyl (C=O) groups excluding carboxylic acids is 1. The summed E-state index contributed by atoms with van der Waals surface area (Å²) in [5.41, 5.74) is 0.460. The van der Waals surface area contributed by atoms with Crippen molar-refractivity contribution in [2.75, 3.05) is 5.32 Å². The molecule has 32 heavy (non-hydrogen) atoms. The van der Waals surface area contributed by atoms with Crippen molar-refractivity contribution in [1.29, 1.82) is 0 Å². The predicted molar refractivity (Wildman–Crippen MR) is 110 cm³/mol. The molecule has 4 heterocycles. The summed E-state index contributed by atoms with van der Waals surface area (Å²) in [5, 5.41) is 14.2. The number of imidazole rings is 1. The zero-order chi connectivity index (χ0) is 22.3. The molecule has 4 aromatic rings. The Morgan fingerprint density at radius 2 is 1.84 bits per heavy atom. The van der Waals surface area contributed by atoms with E-state index in [1.807, 2.05) is 0 Å². The van der Waals surface area contributed by atoms with Gasteiger partial charge in [0.2, 0.25) is 0 Å². The Kier molecular flexibility index (Phi) is 4.95. The number of pyridine rings is 2. The molecule has 2 N–H and O–H groups in total. The van der Waals surface area contributed by atoms with E-state index < -0.39 is 11.9 Å². The third-order valence-corrected chi connectivity index (χ3v) is 5.76. The van der Waals surface area contributed by atoms with Crippen LogP contribution in [0, 0.1) is 0 Å². The molecule has 1 fully saturated rings. The van der Waals surface area contributed by atoms with Gasteiger partial charge in [-0.3, -0.25) is 13.6 Å². The number of aromatic nitrogens is 5. The van der Waals surface area contributed by atoms with Crippen molar-refractivity contribution in [3.05, 3.63) is 60.3 Å². The maximum atomic E-state index is 13.0. The first kappa shape index (κ1) is 20.3. The molecule has 0 spiro atoms. The topological polar surface area (TPSA) is 88.6 Å². The molecule has 1 amide bonds. The summed E-state index contributed by atoms with van der Waals surface area (Å²) in [5.74, 6) is 0.411. The highest BCUT2D eigenvalue weighted by molar-refractivity contribution is 5.95. The van der Waals surface area contributed by atoms with Crippen molar-refractivity contribution in [1.82, 2.24) is 29.3 Å². The van der Waals surface area contributed by atoms with Gasteiger partial charge in [0.1, 0.15) is 17.8 Å². The number of hydrogen-bond acceptors (Lipinski definition) is 5. The minimum absolute atomic E-state index is 0.0375. The zero-order valence-corrected chi connectivity index (χ0v) is 16.9. The molecule has 1 aliphatic rings. The fourth-order valence-electron chi connectivity index (χ4n) is 4.08. The number of hydrogen-bond donors (Lipinski definition) is 2. The Bertz CT molecular complexity index is 1270. The highest BCUT2D eigenvalue weighted by Crippen LogP contribution is 2.30. The van der Waals surface area contributed by atoms with Gasteiger partial charge in [0, 0.05) is 30.0 Å². The molecule has 0 radical (unpaired) electrons. The Balaban J connectivity index is 1.20. The van der Waals surface area contributed by atoms with Gasteiger partial charge in [-0.05, 0) is 49.9 Å². The van der Waals surface area contributed by atoms with Crippen molar-refractivity contribution in [3.8, 4) is 0 Å². The molecule has 0 saturated heterocycles. The van der Waals surface area contributed by atoms with Gasteiger partial charge in [0.25, 0.3) is 5.91 Å². The average Bonchev–Trinajstić information content (AvgIpc) is 3.42. The quantitative estimate of drug-likeness (QED) is 0.504. The number of fused-ring (bicyclic) bond motifs is 2. The van der Waals surface area contributed by atoms with E-state index in [-0.39, 0.29) is 23.6 Å². The summed E-state index contributed by atoms with van der Waals surface area (Å²) in [6, 6.07) is 8.51. The van der Waals surface area contributed by atoms with Gasteiger partial charge in [-0.25, -0.2) is 4.98 Å². The highest BCUT2D eigenvalue weighted by Gasteiger charge is 2.34.